The number of likely N-dealkylation sites (tertiary alicyclic amines) is 1. The molecule has 4 heterocycles. The molecule has 2 saturated heterocycles. The van der Waals surface area contributed by atoms with Crippen LogP contribution in [-0.2, 0) is 16.1 Å². The number of rotatable bonds is 11. The van der Waals surface area contributed by atoms with Crippen molar-refractivity contribution < 1.29 is 18.7 Å². The number of nitrogen functional groups attached to an aromatic ring is 1. The number of hydrogen-bond acceptors (Lipinski definition) is 10. The van der Waals surface area contributed by atoms with E-state index in [1.54, 1.807) is 31.2 Å². The molecule has 0 saturated carbocycles. The molecule has 0 radical (unpaired) electrons. The summed E-state index contributed by atoms with van der Waals surface area (Å²) in [5.74, 6) is 1.08. The number of halogens is 1. The maximum Gasteiger partial charge on any atom is 0.236 e. The highest BCUT2D eigenvalue weighted by Crippen LogP contribution is 2.32. The van der Waals surface area contributed by atoms with Crippen molar-refractivity contribution in [1.82, 2.24) is 29.5 Å². The molecule has 0 bridgehead atoms. The van der Waals surface area contributed by atoms with E-state index in [1.807, 2.05) is 9.80 Å². The smallest absolute Gasteiger partial charge is 0.236 e. The van der Waals surface area contributed by atoms with E-state index >= 15 is 4.39 Å². The van der Waals surface area contributed by atoms with Gasteiger partial charge in [0.1, 0.15) is 22.6 Å². The van der Waals surface area contributed by atoms with Crippen LogP contribution in [0.3, 0.4) is 0 Å². The van der Waals surface area contributed by atoms with Crippen LogP contribution in [0.2, 0.25) is 0 Å². The standard InChI is InChI=1S/C27H38FN9O3/c1-4-5-6-30-26-25-21(32-27(29)33-26)13-31-37(25)14-18-11-20(28)22(12-23(18)40-3)35-7-9-36(10-8-35)24(38)17-34-15-19(16-34)39-2/h11-13,19H,4-10,14-17H2,1-3H3,(H3,29,30,32,33). The minimum Gasteiger partial charge on any atom is -0.496 e. The fraction of sp³-hybridized carbons (Fsp3) is 0.556. The summed E-state index contributed by atoms with van der Waals surface area (Å²) < 4.78 is 28.2. The van der Waals surface area contributed by atoms with Crippen molar-refractivity contribution in [3.8, 4) is 5.75 Å². The summed E-state index contributed by atoms with van der Waals surface area (Å²) in [6.07, 6.45) is 3.87. The van der Waals surface area contributed by atoms with E-state index in [4.69, 9.17) is 15.2 Å². The first-order valence-electron chi connectivity index (χ1n) is 13.8. The number of amides is 1. The van der Waals surface area contributed by atoms with Gasteiger partial charge in [-0.3, -0.25) is 14.4 Å². The molecule has 1 amide bonds. The lowest BCUT2D eigenvalue weighted by Crippen LogP contribution is -2.57. The molecule has 1 aromatic carbocycles. The quantitative estimate of drug-likeness (QED) is 0.338. The van der Waals surface area contributed by atoms with Crippen LogP contribution < -0.4 is 20.7 Å². The second-order valence-electron chi connectivity index (χ2n) is 10.3. The summed E-state index contributed by atoms with van der Waals surface area (Å²) in [5.41, 5.74) is 8.32. The van der Waals surface area contributed by atoms with E-state index in [2.05, 4.69) is 32.2 Å². The zero-order valence-corrected chi connectivity index (χ0v) is 23.4. The molecular formula is C27H38FN9O3. The van der Waals surface area contributed by atoms with Crippen LogP contribution in [0.4, 0.5) is 21.8 Å². The highest BCUT2D eigenvalue weighted by molar-refractivity contribution is 5.86. The molecule has 3 aromatic rings. The van der Waals surface area contributed by atoms with Gasteiger partial charge < -0.3 is 30.3 Å². The monoisotopic (exact) mass is 555 g/mol. The second kappa shape index (κ2) is 12.2. The Morgan fingerprint density at radius 1 is 1.18 bits per heavy atom. The molecule has 0 atom stereocenters. The third kappa shape index (κ3) is 5.89. The number of benzene rings is 1. The molecule has 13 heteroatoms. The van der Waals surface area contributed by atoms with E-state index in [9.17, 15) is 4.79 Å². The van der Waals surface area contributed by atoms with Crippen LogP contribution in [-0.4, -0.2) is 108 Å². The van der Waals surface area contributed by atoms with Gasteiger partial charge >= 0.3 is 0 Å². The van der Waals surface area contributed by atoms with Gasteiger partial charge in [0.05, 0.1) is 38.2 Å². The fourth-order valence-electron chi connectivity index (χ4n) is 5.23. The Balaban J connectivity index is 1.28. The molecule has 0 spiro atoms. The van der Waals surface area contributed by atoms with Crippen LogP contribution in [0.15, 0.2) is 18.3 Å². The molecule has 2 aliphatic heterocycles. The Hall–Kier alpha value is -3.71. The molecule has 40 heavy (non-hydrogen) atoms. The number of piperazine rings is 1. The minimum atomic E-state index is -0.347. The summed E-state index contributed by atoms with van der Waals surface area (Å²) in [4.78, 5) is 27.3. The van der Waals surface area contributed by atoms with E-state index in [0.29, 0.717) is 66.6 Å². The second-order valence-corrected chi connectivity index (χ2v) is 10.3. The van der Waals surface area contributed by atoms with Crippen LogP contribution >= 0.6 is 0 Å². The van der Waals surface area contributed by atoms with Crippen molar-refractivity contribution in [1.29, 1.82) is 0 Å². The number of methoxy groups -OCH3 is 2. The molecule has 216 valence electrons. The van der Waals surface area contributed by atoms with Gasteiger partial charge in [-0.2, -0.15) is 10.1 Å². The Bertz CT molecular complexity index is 1340. The van der Waals surface area contributed by atoms with Gasteiger partial charge in [0.15, 0.2) is 5.82 Å². The molecular weight excluding hydrogens is 517 g/mol. The van der Waals surface area contributed by atoms with E-state index in [0.717, 1.165) is 32.5 Å². The van der Waals surface area contributed by atoms with Crippen molar-refractivity contribution >= 4 is 34.4 Å². The van der Waals surface area contributed by atoms with Gasteiger partial charge in [0.2, 0.25) is 11.9 Å². The van der Waals surface area contributed by atoms with Gasteiger partial charge in [0.25, 0.3) is 0 Å². The average Bonchev–Trinajstić information content (AvgIpc) is 3.33. The largest absolute Gasteiger partial charge is 0.496 e. The highest BCUT2D eigenvalue weighted by atomic mass is 19.1. The van der Waals surface area contributed by atoms with Gasteiger partial charge in [0, 0.05) is 64.6 Å². The molecule has 2 fully saturated rings. The van der Waals surface area contributed by atoms with Crippen LogP contribution in [0.5, 0.6) is 5.75 Å². The SMILES string of the molecule is CCCCNc1nc(N)nc2cnn(Cc3cc(F)c(N4CCN(C(=O)CN5CC(OC)C5)CC4)cc3OC)c12. The highest BCUT2D eigenvalue weighted by Gasteiger charge is 2.31. The normalized spacial score (nSPS) is 16.4. The lowest BCUT2D eigenvalue weighted by Gasteiger charge is -2.40. The number of ether oxygens (including phenoxy) is 2. The maximum absolute atomic E-state index is 15.5. The number of hydrogen-bond donors (Lipinski definition) is 2. The van der Waals surface area contributed by atoms with Crippen molar-refractivity contribution in [3.63, 3.8) is 0 Å². The fourth-order valence-corrected chi connectivity index (χ4v) is 5.23. The average molecular weight is 556 g/mol. The number of nitrogens with zero attached hydrogens (tertiary/aromatic N) is 7. The number of aromatic nitrogens is 4. The Labute approximate surface area is 233 Å². The van der Waals surface area contributed by atoms with Crippen LogP contribution in [0.25, 0.3) is 11.0 Å². The summed E-state index contributed by atoms with van der Waals surface area (Å²) in [5, 5.41) is 7.81. The third-order valence-corrected chi connectivity index (χ3v) is 7.59. The van der Waals surface area contributed by atoms with E-state index < -0.39 is 0 Å². The summed E-state index contributed by atoms with van der Waals surface area (Å²) in [7, 11) is 3.27. The first kappa shape index (κ1) is 27.8. The number of nitrogens with one attached hydrogen (secondary N) is 1. The molecule has 2 aliphatic rings. The predicted octanol–water partition coefficient (Wildman–Crippen LogP) is 1.80. The summed E-state index contributed by atoms with van der Waals surface area (Å²) in [6.45, 7) is 7.26. The van der Waals surface area contributed by atoms with Crippen molar-refractivity contribution in [2.45, 2.75) is 32.4 Å². The number of carbonyl (C=O) groups excluding carboxylic acids is 1. The Morgan fingerprint density at radius 2 is 1.95 bits per heavy atom. The molecule has 0 unspecified atom stereocenters. The zero-order valence-electron chi connectivity index (χ0n) is 23.4. The van der Waals surface area contributed by atoms with E-state index in [-0.39, 0.29) is 30.3 Å². The Morgan fingerprint density at radius 3 is 2.65 bits per heavy atom. The molecule has 0 aliphatic carbocycles. The Kier molecular flexibility index (Phi) is 8.50. The number of carbonyl (C=O) groups is 1. The van der Waals surface area contributed by atoms with Gasteiger partial charge in [-0.15, -0.1) is 0 Å². The lowest BCUT2D eigenvalue weighted by atomic mass is 10.1. The first-order chi connectivity index (χ1) is 19.4. The zero-order chi connectivity index (χ0) is 28.2. The topological polar surface area (TPSA) is 127 Å². The van der Waals surface area contributed by atoms with Crippen molar-refractivity contribution in [2.24, 2.45) is 0 Å². The van der Waals surface area contributed by atoms with Gasteiger partial charge in [-0.1, -0.05) is 13.3 Å². The molecule has 3 N–H and O–H groups in total. The maximum atomic E-state index is 15.5. The number of nitrogens with two attached hydrogens (primary N) is 1. The lowest BCUT2D eigenvalue weighted by molar-refractivity contribution is -0.136. The molecule has 12 nitrogen and oxygen atoms in total. The van der Waals surface area contributed by atoms with Crippen LogP contribution in [0.1, 0.15) is 25.3 Å². The van der Waals surface area contributed by atoms with Crippen molar-refractivity contribution in [3.05, 3.63) is 29.7 Å². The number of unbranched alkanes of at least 4 members (excludes halogenated alkanes) is 1. The molecule has 5 rings (SSSR count). The first-order valence-corrected chi connectivity index (χ1v) is 13.8. The van der Waals surface area contributed by atoms with Gasteiger partial charge in [-0.05, 0) is 12.5 Å². The number of anilines is 3. The van der Waals surface area contributed by atoms with E-state index in [1.165, 1.54) is 6.07 Å². The van der Waals surface area contributed by atoms with Crippen LogP contribution in [0, 0.1) is 5.82 Å². The summed E-state index contributed by atoms with van der Waals surface area (Å²) in [6, 6.07) is 3.23. The number of fused-ring (bicyclic) bond motifs is 1. The minimum absolute atomic E-state index is 0.100. The molecule has 2 aromatic heterocycles. The summed E-state index contributed by atoms with van der Waals surface area (Å²) >= 11 is 0. The van der Waals surface area contributed by atoms with Gasteiger partial charge in [-0.25, -0.2) is 9.37 Å². The predicted molar refractivity (Wildman–Crippen MR) is 151 cm³/mol. The van der Waals surface area contributed by atoms with Crippen molar-refractivity contribution in [2.75, 3.05) is 82.5 Å². The third-order valence-electron chi connectivity index (χ3n) is 7.59.